The summed E-state index contributed by atoms with van der Waals surface area (Å²) in [5.41, 5.74) is 3.19. The molecule has 0 radical (unpaired) electrons. The van der Waals surface area contributed by atoms with Crippen molar-refractivity contribution in [3.05, 3.63) is 71.3 Å². The number of imide groups is 1. The van der Waals surface area contributed by atoms with Crippen LogP contribution in [0, 0.1) is 5.92 Å². The van der Waals surface area contributed by atoms with Crippen LogP contribution >= 0.6 is 15.9 Å². The number of rotatable bonds is 13. The molecule has 2 aromatic carbocycles. The molecule has 3 atom stereocenters. The summed E-state index contributed by atoms with van der Waals surface area (Å²) in [6.07, 6.45) is 7.40. The number of hydrogen-bond donors (Lipinski definition) is 1. The van der Waals surface area contributed by atoms with Crippen molar-refractivity contribution in [3.8, 4) is 0 Å². The molecule has 1 fully saturated rings. The first kappa shape index (κ1) is 27.4. The summed E-state index contributed by atoms with van der Waals surface area (Å²) >= 11 is 3.38. The lowest BCUT2D eigenvalue weighted by atomic mass is 9.95. The summed E-state index contributed by atoms with van der Waals surface area (Å²) in [6, 6.07) is 18.0. The zero-order valence-electron chi connectivity index (χ0n) is 20.9. The topological polar surface area (TPSA) is 66.8 Å². The maximum absolute atomic E-state index is 13.1. The number of aliphatic hydroxyl groups is 1. The Morgan fingerprint density at radius 3 is 2.26 bits per heavy atom. The van der Waals surface area contributed by atoms with Gasteiger partial charge >= 0.3 is 6.09 Å². The molecule has 35 heavy (non-hydrogen) atoms. The Balaban J connectivity index is 1.46. The van der Waals surface area contributed by atoms with Gasteiger partial charge in [0, 0.05) is 0 Å². The molecular weight excluding hydrogens is 506 g/mol. The van der Waals surface area contributed by atoms with E-state index in [-0.39, 0.29) is 18.6 Å². The number of carbonyl (C=O) groups excluding carboxylic acids is 2. The number of amides is 2. The van der Waals surface area contributed by atoms with Crippen LogP contribution < -0.4 is 0 Å². The number of hydrogen-bond acceptors (Lipinski definition) is 4. The second-order valence-electron chi connectivity index (χ2n) is 9.75. The lowest BCUT2D eigenvalue weighted by molar-refractivity contribution is -0.130. The minimum atomic E-state index is -1.04. The average Bonchev–Trinajstić information content (AvgIpc) is 3.26. The van der Waals surface area contributed by atoms with E-state index in [0.29, 0.717) is 0 Å². The number of cyclic esters (lactones) is 1. The predicted molar refractivity (Wildman–Crippen MR) is 142 cm³/mol. The van der Waals surface area contributed by atoms with Crippen molar-refractivity contribution in [3.63, 3.8) is 0 Å². The van der Waals surface area contributed by atoms with Crippen LogP contribution in [0.2, 0.25) is 0 Å². The van der Waals surface area contributed by atoms with Crippen molar-refractivity contribution < 1.29 is 19.4 Å². The van der Waals surface area contributed by atoms with Crippen molar-refractivity contribution >= 4 is 27.9 Å². The van der Waals surface area contributed by atoms with E-state index in [1.54, 1.807) is 0 Å². The van der Waals surface area contributed by atoms with Crippen LogP contribution in [0.3, 0.4) is 0 Å². The highest BCUT2D eigenvalue weighted by Crippen LogP contribution is 2.31. The summed E-state index contributed by atoms with van der Waals surface area (Å²) in [7, 11) is 0. The molecule has 6 heteroatoms. The van der Waals surface area contributed by atoms with E-state index in [4.69, 9.17) is 4.74 Å². The summed E-state index contributed by atoms with van der Waals surface area (Å²) in [5.74, 6) is -0.378. The van der Waals surface area contributed by atoms with Gasteiger partial charge in [0.15, 0.2) is 0 Å². The van der Waals surface area contributed by atoms with Gasteiger partial charge in [-0.15, -0.1) is 0 Å². The Bertz CT molecular complexity index is 949. The van der Waals surface area contributed by atoms with Crippen LogP contribution in [-0.2, 0) is 22.4 Å². The number of unbranched alkanes of at least 4 members (excludes halogenated alkanes) is 5. The van der Waals surface area contributed by atoms with Gasteiger partial charge in [0.05, 0.1) is 6.04 Å². The summed E-state index contributed by atoms with van der Waals surface area (Å²) in [5, 5.41) is 11.1. The van der Waals surface area contributed by atoms with Gasteiger partial charge in [-0.3, -0.25) is 4.79 Å². The van der Waals surface area contributed by atoms with E-state index in [1.807, 2.05) is 38.1 Å². The lowest BCUT2D eigenvalue weighted by Gasteiger charge is -2.27. The van der Waals surface area contributed by atoms with Crippen LogP contribution in [0.15, 0.2) is 54.6 Å². The molecule has 1 saturated heterocycles. The molecule has 3 rings (SSSR count). The number of aliphatic hydroxyl groups excluding tert-OH is 1. The Labute approximate surface area is 218 Å². The van der Waals surface area contributed by atoms with E-state index in [9.17, 15) is 14.7 Å². The number of ether oxygens (including phenoxy) is 1. The second kappa shape index (κ2) is 13.8. The molecule has 0 unspecified atom stereocenters. The molecule has 2 aromatic rings. The largest absolute Gasteiger partial charge is 0.447 e. The SMILES string of the molecule is CC(C)[C@@H]1COC(=O)N1C(=O)[C@H](Br)[C@H](O)c1ccccc1CCCCCCCCc1ccccc1. The first-order valence-electron chi connectivity index (χ1n) is 12.8. The molecule has 1 aliphatic heterocycles. The molecule has 1 heterocycles. The molecule has 0 spiro atoms. The highest BCUT2D eigenvalue weighted by molar-refractivity contribution is 9.10. The van der Waals surface area contributed by atoms with Crippen LogP contribution in [-0.4, -0.2) is 39.5 Å². The highest BCUT2D eigenvalue weighted by atomic mass is 79.9. The zero-order valence-corrected chi connectivity index (χ0v) is 22.5. The van der Waals surface area contributed by atoms with E-state index >= 15 is 0 Å². The predicted octanol–water partition coefficient (Wildman–Crippen LogP) is 6.61. The molecule has 5 nitrogen and oxygen atoms in total. The number of nitrogens with zero attached hydrogens (tertiary/aromatic N) is 1. The molecule has 0 bridgehead atoms. The molecule has 0 aromatic heterocycles. The third-order valence-corrected chi connectivity index (χ3v) is 7.70. The number of alkyl halides is 1. The van der Waals surface area contributed by atoms with Gasteiger partial charge < -0.3 is 9.84 Å². The van der Waals surface area contributed by atoms with Gasteiger partial charge in [0.25, 0.3) is 0 Å². The maximum Gasteiger partial charge on any atom is 0.417 e. The van der Waals surface area contributed by atoms with Crippen LogP contribution in [0.1, 0.15) is 75.2 Å². The number of aryl methyl sites for hydroxylation is 2. The van der Waals surface area contributed by atoms with E-state index < -0.39 is 22.9 Å². The van der Waals surface area contributed by atoms with Gasteiger partial charge in [-0.05, 0) is 48.3 Å². The van der Waals surface area contributed by atoms with Crippen molar-refractivity contribution in [2.45, 2.75) is 82.2 Å². The second-order valence-corrected chi connectivity index (χ2v) is 10.7. The molecule has 1 aliphatic rings. The Kier molecular flexibility index (Phi) is 10.8. The monoisotopic (exact) mass is 543 g/mol. The summed E-state index contributed by atoms with van der Waals surface area (Å²) in [6.45, 7) is 4.09. The Morgan fingerprint density at radius 2 is 1.57 bits per heavy atom. The smallest absolute Gasteiger partial charge is 0.417 e. The third-order valence-electron chi connectivity index (χ3n) is 6.80. The van der Waals surface area contributed by atoms with Gasteiger partial charge in [-0.2, -0.15) is 0 Å². The number of carbonyl (C=O) groups is 2. The molecular formula is C29H38BrNO4. The maximum atomic E-state index is 13.1. The number of halogens is 1. The first-order chi connectivity index (χ1) is 16.9. The van der Waals surface area contributed by atoms with E-state index in [0.717, 1.165) is 41.7 Å². The molecule has 0 aliphatic carbocycles. The lowest BCUT2D eigenvalue weighted by Crippen LogP contribution is -2.46. The molecule has 2 amide bonds. The highest BCUT2D eigenvalue weighted by Gasteiger charge is 2.43. The average molecular weight is 545 g/mol. The van der Waals surface area contributed by atoms with Crippen molar-refractivity contribution in [1.29, 1.82) is 0 Å². The van der Waals surface area contributed by atoms with Gasteiger partial charge in [-0.1, -0.05) is 110 Å². The van der Waals surface area contributed by atoms with Gasteiger partial charge in [0.2, 0.25) is 5.91 Å². The van der Waals surface area contributed by atoms with Crippen LogP contribution in [0.4, 0.5) is 4.79 Å². The first-order valence-corrected chi connectivity index (χ1v) is 13.8. The van der Waals surface area contributed by atoms with E-state index in [2.05, 4.69) is 46.3 Å². The molecule has 0 saturated carbocycles. The fraction of sp³-hybridized carbons (Fsp3) is 0.517. The Hall–Kier alpha value is -2.18. The fourth-order valence-corrected chi connectivity index (χ4v) is 5.16. The minimum Gasteiger partial charge on any atom is -0.447 e. The van der Waals surface area contributed by atoms with Crippen molar-refractivity contribution in [2.75, 3.05) is 6.61 Å². The third kappa shape index (κ3) is 7.65. The quantitative estimate of drug-likeness (QED) is 0.228. The number of benzene rings is 2. The van der Waals surface area contributed by atoms with Crippen molar-refractivity contribution in [2.24, 2.45) is 5.92 Å². The van der Waals surface area contributed by atoms with Crippen LogP contribution in [0.5, 0.6) is 0 Å². The van der Waals surface area contributed by atoms with Gasteiger partial charge in [0.1, 0.15) is 17.5 Å². The summed E-state index contributed by atoms with van der Waals surface area (Å²) in [4.78, 5) is 25.5. The van der Waals surface area contributed by atoms with Crippen LogP contribution in [0.25, 0.3) is 0 Å². The zero-order chi connectivity index (χ0) is 25.2. The molecule has 1 N–H and O–H groups in total. The van der Waals surface area contributed by atoms with Gasteiger partial charge in [-0.25, -0.2) is 9.69 Å². The Morgan fingerprint density at radius 1 is 0.971 bits per heavy atom. The fourth-order valence-electron chi connectivity index (χ4n) is 4.65. The summed E-state index contributed by atoms with van der Waals surface area (Å²) < 4.78 is 5.11. The van der Waals surface area contributed by atoms with Crippen molar-refractivity contribution in [1.82, 2.24) is 4.90 Å². The normalized spacial score (nSPS) is 17.5. The molecule has 190 valence electrons. The minimum absolute atomic E-state index is 0.0767. The van der Waals surface area contributed by atoms with E-state index in [1.165, 1.54) is 31.2 Å². The standard InChI is InChI=1S/C29H38BrNO4/c1-21(2)25-20-35-29(34)31(25)28(33)26(30)27(32)24-19-13-12-18-23(24)17-11-6-4-3-5-8-14-22-15-9-7-10-16-22/h7,9-10,12-13,15-16,18-19,21,25-27,32H,3-6,8,11,14,17,20H2,1-2H3/t25-,26+,27+/m0/s1.